The number of hydrogen-bond acceptors (Lipinski definition) is 3. The third-order valence-corrected chi connectivity index (χ3v) is 4.46. The number of hydrogen-bond donors (Lipinski definition) is 1. The summed E-state index contributed by atoms with van der Waals surface area (Å²) < 4.78 is 0. The van der Waals surface area contributed by atoms with Gasteiger partial charge in [-0.3, -0.25) is 9.88 Å². The van der Waals surface area contributed by atoms with Crippen molar-refractivity contribution in [2.45, 2.75) is 44.7 Å². The molecule has 0 saturated heterocycles. The Labute approximate surface area is 110 Å². The molecule has 3 heteroatoms. The molecule has 2 N–H and O–H groups in total. The molecule has 0 spiro atoms. The van der Waals surface area contributed by atoms with Crippen LogP contribution in [0.1, 0.15) is 38.2 Å². The summed E-state index contributed by atoms with van der Waals surface area (Å²) in [6.45, 7) is 3.94. The predicted octanol–water partition coefficient (Wildman–Crippen LogP) is 2.42. The first kappa shape index (κ1) is 13.5. The Hall–Kier alpha value is -0.930. The first-order chi connectivity index (χ1) is 8.64. The third kappa shape index (κ3) is 3.09. The van der Waals surface area contributed by atoms with Gasteiger partial charge in [-0.25, -0.2) is 0 Å². The van der Waals surface area contributed by atoms with Gasteiger partial charge in [0.1, 0.15) is 0 Å². The summed E-state index contributed by atoms with van der Waals surface area (Å²) in [5, 5.41) is 0. The summed E-state index contributed by atoms with van der Waals surface area (Å²) in [5.41, 5.74) is 7.40. The lowest BCUT2D eigenvalue weighted by Crippen LogP contribution is -2.51. The van der Waals surface area contributed by atoms with Gasteiger partial charge >= 0.3 is 0 Å². The van der Waals surface area contributed by atoms with Crippen molar-refractivity contribution in [3.05, 3.63) is 30.1 Å². The molecule has 1 heterocycles. The van der Waals surface area contributed by atoms with Gasteiger partial charge < -0.3 is 5.73 Å². The zero-order valence-corrected chi connectivity index (χ0v) is 11.6. The average molecular weight is 247 g/mol. The fourth-order valence-corrected chi connectivity index (χ4v) is 2.67. The van der Waals surface area contributed by atoms with Gasteiger partial charge in [0.25, 0.3) is 0 Å². The lowest BCUT2D eigenvalue weighted by molar-refractivity contribution is 0.0856. The summed E-state index contributed by atoms with van der Waals surface area (Å²) in [6.07, 6.45) is 9.15. The molecular formula is C15H25N3. The quantitative estimate of drug-likeness (QED) is 0.839. The van der Waals surface area contributed by atoms with Crippen molar-refractivity contribution in [2.24, 2.45) is 11.7 Å². The summed E-state index contributed by atoms with van der Waals surface area (Å²) in [6, 6.07) is 4.12. The molecule has 1 unspecified atom stereocenters. The molecule has 1 aromatic rings. The fraction of sp³-hybridized carbons (Fsp3) is 0.667. The number of nitrogens with two attached hydrogens (primary N) is 1. The molecule has 100 valence electrons. The Morgan fingerprint density at radius 2 is 2.28 bits per heavy atom. The van der Waals surface area contributed by atoms with Crippen LogP contribution in [0.25, 0.3) is 0 Å². The topological polar surface area (TPSA) is 42.2 Å². The molecule has 0 aliphatic heterocycles. The molecule has 0 aromatic carbocycles. The van der Waals surface area contributed by atoms with E-state index in [1.54, 1.807) is 0 Å². The second-order valence-electron chi connectivity index (χ2n) is 5.92. The number of aromatic nitrogens is 1. The number of pyridine rings is 1. The molecule has 1 aromatic heterocycles. The lowest BCUT2D eigenvalue weighted by atomic mass is 9.76. The van der Waals surface area contributed by atoms with Crippen LogP contribution in [0.15, 0.2) is 24.5 Å². The first-order valence-electron chi connectivity index (χ1n) is 6.94. The maximum atomic E-state index is 6.03. The highest BCUT2D eigenvalue weighted by Crippen LogP contribution is 2.35. The maximum absolute atomic E-state index is 6.03. The van der Waals surface area contributed by atoms with Crippen molar-refractivity contribution in [2.75, 3.05) is 13.6 Å². The molecule has 0 bridgehead atoms. The minimum Gasteiger partial charge on any atom is -0.329 e. The number of nitrogens with zero attached hydrogens (tertiary/aromatic N) is 2. The highest BCUT2D eigenvalue weighted by atomic mass is 15.2. The number of rotatable bonds is 6. The zero-order valence-electron chi connectivity index (χ0n) is 11.6. The molecule has 18 heavy (non-hydrogen) atoms. The van der Waals surface area contributed by atoms with Crippen molar-refractivity contribution < 1.29 is 0 Å². The predicted molar refractivity (Wildman–Crippen MR) is 75.1 cm³/mol. The second kappa shape index (κ2) is 5.81. The molecule has 3 nitrogen and oxygen atoms in total. The van der Waals surface area contributed by atoms with Gasteiger partial charge in [-0.1, -0.05) is 25.3 Å². The molecule has 1 aliphatic carbocycles. The van der Waals surface area contributed by atoms with E-state index < -0.39 is 0 Å². The van der Waals surface area contributed by atoms with E-state index in [9.17, 15) is 0 Å². The minimum atomic E-state index is 0.112. The lowest BCUT2D eigenvalue weighted by Gasteiger charge is -2.42. The highest BCUT2D eigenvalue weighted by molar-refractivity contribution is 5.09. The van der Waals surface area contributed by atoms with Crippen LogP contribution in [0, 0.1) is 5.92 Å². The largest absolute Gasteiger partial charge is 0.329 e. The SMILES string of the molecule is CN(Cc1cccnc1)C(C)(CN)CC1CCC1. The van der Waals surface area contributed by atoms with E-state index in [4.69, 9.17) is 5.73 Å². The third-order valence-electron chi connectivity index (χ3n) is 4.46. The second-order valence-corrected chi connectivity index (χ2v) is 5.92. The Morgan fingerprint density at radius 3 is 2.78 bits per heavy atom. The van der Waals surface area contributed by atoms with Crippen molar-refractivity contribution >= 4 is 0 Å². The van der Waals surface area contributed by atoms with Crippen LogP contribution in [0.3, 0.4) is 0 Å². The molecule has 1 atom stereocenters. The van der Waals surface area contributed by atoms with Gasteiger partial charge in [0, 0.05) is 31.0 Å². The molecule has 1 saturated carbocycles. The van der Waals surface area contributed by atoms with E-state index in [1.807, 2.05) is 18.5 Å². The molecule has 0 amide bonds. The summed E-state index contributed by atoms with van der Waals surface area (Å²) >= 11 is 0. The van der Waals surface area contributed by atoms with E-state index in [0.29, 0.717) is 0 Å². The Bertz CT molecular complexity index is 361. The standard InChI is InChI=1S/C15H25N3/c1-15(12-16,9-13-5-3-6-13)18(2)11-14-7-4-8-17-10-14/h4,7-8,10,13H,3,5-6,9,11-12,16H2,1-2H3. The maximum Gasteiger partial charge on any atom is 0.0312 e. The van der Waals surface area contributed by atoms with Crippen LogP contribution in [-0.4, -0.2) is 29.0 Å². The summed E-state index contributed by atoms with van der Waals surface area (Å²) in [4.78, 5) is 6.57. The van der Waals surface area contributed by atoms with E-state index >= 15 is 0 Å². The molecule has 0 radical (unpaired) electrons. The van der Waals surface area contributed by atoms with Gasteiger partial charge in [0.2, 0.25) is 0 Å². The van der Waals surface area contributed by atoms with Crippen molar-refractivity contribution in [1.29, 1.82) is 0 Å². The Kier molecular flexibility index (Phi) is 4.36. The van der Waals surface area contributed by atoms with Gasteiger partial charge in [0.15, 0.2) is 0 Å². The average Bonchev–Trinajstić information content (AvgIpc) is 2.35. The van der Waals surface area contributed by atoms with Gasteiger partial charge in [0.05, 0.1) is 0 Å². The van der Waals surface area contributed by atoms with E-state index in [-0.39, 0.29) is 5.54 Å². The van der Waals surface area contributed by atoms with Crippen molar-refractivity contribution in [3.8, 4) is 0 Å². The summed E-state index contributed by atoms with van der Waals surface area (Å²) in [5.74, 6) is 0.884. The van der Waals surface area contributed by atoms with Gasteiger partial charge in [-0.05, 0) is 37.9 Å². The van der Waals surface area contributed by atoms with E-state index in [0.717, 1.165) is 19.0 Å². The van der Waals surface area contributed by atoms with Crippen LogP contribution in [0.5, 0.6) is 0 Å². The van der Waals surface area contributed by atoms with Crippen molar-refractivity contribution in [3.63, 3.8) is 0 Å². The minimum absolute atomic E-state index is 0.112. The first-order valence-corrected chi connectivity index (χ1v) is 6.94. The smallest absolute Gasteiger partial charge is 0.0312 e. The van der Waals surface area contributed by atoms with Crippen LogP contribution in [-0.2, 0) is 6.54 Å². The van der Waals surface area contributed by atoms with E-state index in [2.05, 4.69) is 29.9 Å². The van der Waals surface area contributed by atoms with Gasteiger partial charge in [-0.2, -0.15) is 0 Å². The Morgan fingerprint density at radius 1 is 1.50 bits per heavy atom. The fourth-order valence-electron chi connectivity index (χ4n) is 2.67. The van der Waals surface area contributed by atoms with Crippen LogP contribution in [0.4, 0.5) is 0 Å². The van der Waals surface area contributed by atoms with Crippen LogP contribution in [0.2, 0.25) is 0 Å². The van der Waals surface area contributed by atoms with Gasteiger partial charge in [-0.15, -0.1) is 0 Å². The molecule has 1 aliphatic rings. The number of likely N-dealkylation sites (N-methyl/N-ethyl adjacent to an activating group) is 1. The van der Waals surface area contributed by atoms with Crippen LogP contribution < -0.4 is 5.73 Å². The van der Waals surface area contributed by atoms with Crippen LogP contribution >= 0.6 is 0 Å². The zero-order chi connectivity index (χ0) is 13.0. The Balaban J connectivity index is 1.97. The molecular weight excluding hydrogens is 222 g/mol. The molecule has 2 rings (SSSR count). The molecule has 1 fully saturated rings. The highest BCUT2D eigenvalue weighted by Gasteiger charge is 2.33. The monoisotopic (exact) mass is 247 g/mol. The normalized spacial score (nSPS) is 19.6. The van der Waals surface area contributed by atoms with E-state index in [1.165, 1.54) is 31.2 Å². The summed E-state index contributed by atoms with van der Waals surface area (Å²) in [7, 11) is 2.18. The van der Waals surface area contributed by atoms with Crippen molar-refractivity contribution in [1.82, 2.24) is 9.88 Å².